The summed E-state index contributed by atoms with van der Waals surface area (Å²) in [6, 6.07) is 27.6. The number of ether oxygens (including phenoxy) is 1. The average Bonchev–Trinajstić information content (AvgIpc) is 2.62. The molecule has 2 heteroatoms. The van der Waals surface area contributed by atoms with Gasteiger partial charge in [-0.2, -0.15) is 0 Å². The maximum absolute atomic E-state index is 5.58. The second-order valence-corrected chi connectivity index (χ2v) is 5.08. The van der Waals surface area contributed by atoms with Crippen molar-refractivity contribution in [3.63, 3.8) is 0 Å². The summed E-state index contributed by atoms with van der Waals surface area (Å²) in [4.78, 5) is 1.02. The van der Waals surface area contributed by atoms with Crippen LogP contribution in [-0.2, 0) is 0 Å². The van der Waals surface area contributed by atoms with E-state index in [2.05, 4.69) is 19.6 Å². The van der Waals surface area contributed by atoms with E-state index in [1.54, 1.807) is 0 Å². The standard InChI is InChI=1S/C12H10O.C7H8S.C2H6/c1-3-7-11(8-4-1)13-12-9-5-2-6-10-12;1-6-2-4-7(8)5-3-6;1-2/h1-10H;2-5,8H,1H3;1-2H3. The van der Waals surface area contributed by atoms with Crippen molar-refractivity contribution in [2.45, 2.75) is 25.7 Å². The van der Waals surface area contributed by atoms with Gasteiger partial charge in [0.1, 0.15) is 11.5 Å². The Kier molecular flexibility index (Phi) is 9.34. The van der Waals surface area contributed by atoms with E-state index in [4.69, 9.17) is 4.74 Å². The highest BCUT2D eigenvalue weighted by molar-refractivity contribution is 7.80. The fourth-order valence-electron chi connectivity index (χ4n) is 1.66. The number of para-hydroxylation sites is 2. The maximum Gasteiger partial charge on any atom is 0.127 e. The molecular formula is C21H24OS. The van der Waals surface area contributed by atoms with Gasteiger partial charge in [-0.15, -0.1) is 12.6 Å². The predicted molar refractivity (Wildman–Crippen MR) is 103 cm³/mol. The van der Waals surface area contributed by atoms with E-state index in [1.165, 1.54) is 5.56 Å². The molecule has 0 fully saturated rings. The smallest absolute Gasteiger partial charge is 0.127 e. The summed E-state index contributed by atoms with van der Waals surface area (Å²) in [5, 5.41) is 0. The third-order valence-electron chi connectivity index (χ3n) is 2.76. The summed E-state index contributed by atoms with van der Waals surface area (Å²) in [7, 11) is 0. The van der Waals surface area contributed by atoms with Gasteiger partial charge in [-0.1, -0.05) is 67.9 Å². The largest absolute Gasteiger partial charge is 0.457 e. The minimum absolute atomic E-state index is 0.869. The minimum atomic E-state index is 0.869. The van der Waals surface area contributed by atoms with Crippen molar-refractivity contribution in [3.05, 3.63) is 90.5 Å². The van der Waals surface area contributed by atoms with E-state index in [0.717, 1.165) is 16.4 Å². The van der Waals surface area contributed by atoms with E-state index >= 15 is 0 Å². The van der Waals surface area contributed by atoms with Crippen LogP contribution in [0, 0.1) is 6.92 Å². The lowest BCUT2D eigenvalue weighted by Crippen LogP contribution is -1.81. The van der Waals surface area contributed by atoms with Crippen molar-refractivity contribution >= 4 is 12.6 Å². The van der Waals surface area contributed by atoms with Gasteiger partial charge in [0, 0.05) is 4.90 Å². The van der Waals surface area contributed by atoms with E-state index in [-0.39, 0.29) is 0 Å². The van der Waals surface area contributed by atoms with Gasteiger partial charge in [0.25, 0.3) is 0 Å². The lowest BCUT2D eigenvalue weighted by molar-refractivity contribution is 0.482. The molecule has 0 radical (unpaired) electrons. The monoisotopic (exact) mass is 324 g/mol. The summed E-state index contributed by atoms with van der Waals surface area (Å²) in [5.41, 5.74) is 1.28. The number of hydrogen-bond acceptors (Lipinski definition) is 2. The Labute approximate surface area is 145 Å². The molecule has 3 aromatic rings. The Balaban J connectivity index is 0.000000228. The van der Waals surface area contributed by atoms with Crippen LogP contribution in [0.25, 0.3) is 0 Å². The molecule has 0 atom stereocenters. The van der Waals surface area contributed by atoms with Crippen LogP contribution in [0.4, 0.5) is 0 Å². The van der Waals surface area contributed by atoms with Gasteiger partial charge in [-0.3, -0.25) is 0 Å². The quantitative estimate of drug-likeness (QED) is 0.511. The summed E-state index contributed by atoms with van der Waals surface area (Å²) < 4.78 is 5.58. The lowest BCUT2D eigenvalue weighted by Gasteiger charge is -2.03. The maximum atomic E-state index is 5.58. The Morgan fingerprint density at radius 3 is 1.35 bits per heavy atom. The molecule has 0 N–H and O–H groups in total. The molecule has 23 heavy (non-hydrogen) atoms. The molecule has 0 unspecified atom stereocenters. The van der Waals surface area contributed by atoms with Crippen molar-refractivity contribution in [3.8, 4) is 11.5 Å². The molecule has 0 heterocycles. The average molecular weight is 324 g/mol. The Morgan fingerprint density at radius 2 is 1.00 bits per heavy atom. The fraction of sp³-hybridized carbons (Fsp3) is 0.143. The molecule has 0 amide bonds. The van der Waals surface area contributed by atoms with Gasteiger partial charge in [0.05, 0.1) is 0 Å². The third-order valence-corrected chi connectivity index (χ3v) is 3.05. The molecule has 120 valence electrons. The summed E-state index contributed by atoms with van der Waals surface area (Å²) in [5.74, 6) is 1.74. The molecular weight excluding hydrogens is 300 g/mol. The minimum Gasteiger partial charge on any atom is -0.457 e. The number of rotatable bonds is 2. The van der Waals surface area contributed by atoms with E-state index in [1.807, 2.05) is 98.8 Å². The first kappa shape index (κ1) is 18.9. The zero-order valence-corrected chi connectivity index (χ0v) is 14.8. The molecule has 0 saturated carbocycles. The third kappa shape index (κ3) is 8.12. The fourth-order valence-corrected chi connectivity index (χ4v) is 1.81. The molecule has 3 aromatic carbocycles. The van der Waals surface area contributed by atoms with Crippen LogP contribution in [0.5, 0.6) is 11.5 Å². The summed E-state index contributed by atoms with van der Waals surface area (Å²) in [6.45, 7) is 6.06. The van der Waals surface area contributed by atoms with Crippen molar-refractivity contribution in [1.82, 2.24) is 0 Å². The molecule has 0 spiro atoms. The Morgan fingerprint density at radius 1 is 0.609 bits per heavy atom. The molecule has 0 aliphatic carbocycles. The molecule has 1 nitrogen and oxygen atoms in total. The van der Waals surface area contributed by atoms with Crippen LogP contribution in [0.2, 0.25) is 0 Å². The second-order valence-electron chi connectivity index (χ2n) is 4.56. The highest BCUT2D eigenvalue weighted by atomic mass is 32.1. The number of benzene rings is 3. The molecule has 0 bridgehead atoms. The van der Waals surface area contributed by atoms with E-state index < -0.39 is 0 Å². The van der Waals surface area contributed by atoms with Gasteiger partial charge >= 0.3 is 0 Å². The number of hydrogen-bond donors (Lipinski definition) is 1. The van der Waals surface area contributed by atoms with Crippen LogP contribution in [0.3, 0.4) is 0 Å². The molecule has 0 aliphatic heterocycles. The second kappa shape index (κ2) is 11.4. The van der Waals surface area contributed by atoms with Gasteiger partial charge in [0.2, 0.25) is 0 Å². The predicted octanol–water partition coefficient (Wildman–Crippen LogP) is 6.79. The van der Waals surface area contributed by atoms with Crippen molar-refractivity contribution in [1.29, 1.82) is 0 Å². The zero-order valence-electron chi connectivity index (χ0n) is 13.9. The van der Waals surface area contributed by atoms with Crippen LogP contribution in [0.15, 0.2) is 89.8 Å². The van der Waals surface area contributed by atoms with E-state index in [9.17, 15) is 0 Å². The van der Waals surface area contributed by atoms with Crippen molar-refractivity contribution in [2.75, 3.05) is 0 Å². The first-order valence-electron chi connectivity index (χ1n) is 7.77. The van der Waals surface area contributed by atoms with Crippen molar-refractivity contribution < 1.29 is 4.74 Å². The SMILES string of the molecule is CC.Cc1ccc(S)cc1.c1ccc(Oc2ccccc2)cc1. The first-order chi connectivity index (χ1) is 11.2. The normalized spacial score (nSPS) is 8.87. The lowest BCUT2D eigenvalue weighted by atomic mass is 10.2. The summed E-state index contributed by atoms with van der Waals surface area (Å²) in [6.07, 6.45) is 0. The Bertz CT molecular complexity index is 575. The summed E-state index contributed by atoms with van der Waals surface area (Å²) >= 11 is 4.13. The van der Waals surface area contributed by atoms with E-state index in [0.29, 0.717) is 0 Å². The van der Waals surface area contributed by atoms with Crippen LogP contribution in [-0.4, -0.2) is 0 Å². The highest BCUT2D eigenvalue weighted by Crippen LogP contribution is 2.19. The van der Waals surface area contributed by atoms with Gasteiger partial charge in [-0.25, -0.2) is 0 Å². The Hall–Kier alpha value is -2.19. The number of thiol groups is 1. The van der Waals surface area contributed by atoms with Gasteiger partial charge in [0.15, 0.2) is 0 Å². The highest BCUT2D eigenvalue weighted by Gasteiger charge is 1.92. The van der Waals surface area contributed by atoms with Crippen LogP contribution in [0.1, 0.15) is 19.4 Å². The molecule has 0 aliphatic rings. The molecule has 0 aromatic heterocycles. The van der Waals surface area contributed by atoms with Gasteiger partial charge < -0.3 is 4.74 Å². The van der Waals surface area contributed by atoms with Crippen LogP contribution < -0.4 is 4.74 Å². The topological polar surface area (TPSA) is 9.23 Å². The van der Waals surface area contributed by atoms with Gasteiger partial charge in [-0.05, 0) is 43.3 Å². The first-order valence-corrected chi connectivity index (χ1v) is 8.22. The van der Waals surface area contributed by atoms with Crippen molar-refractivity contribution in [2.24, 2.45) is 0 Å². The zero-order chi connectivity index (χ0) is 16.9. The molecule has 0 saturated heterocycles. The van der Waals surface area contributed by atoms with Crippen LogP contribution >= 0.6 is 12.6 Å². The molecule has 3 rings (SSSR count). The number of aryl methyl sites for hydroxylation is 1.